The van der Waals surface area contributed by atoms with Crippen LogP contribution in [0.3, 0.4) is 0 Å². The molecule has 1 N–H and O–H groups in total. The topological polar surface area (TPSA) is 154 Å². The molecule has 0 radical (unpaired) electrons. The second-order valence-corrected chi connectivity index (χ2v) is 21.3. The van der Waals surface area contributed by atoms with Crippen LogP contribution in [0.1, 0.15) is 128 Å². The Bertz CT molecular complexity index is 2830. The molecule has 380 valence electrons. The molecule has 4 aliphatic heterocycles. The number of likely N-dealkylation sites (tertiary alicyclic amines) is 1. The molecule has 3 aromatic heterocycles. The number of aromatic nitrogens is 6. The van der Waals surface area contributed by atoms with Crippen molar-refractivity contribution in [2.24, 2.45) is 24.8 Å². The number of nitrogens with zero attached hydrogens (tertiary/aromatic N) is 11. The van der Waals surface area contributed by atoms with E-state index in [0.717, 1.165) is 135 Å². The van der Waals surface area contributed by atoms with Gasteiger partial charge in [-0.2, -0.15) is 15.5 Å². The Hall–Kier alpha value is -6.41. The second-order valence-electron chi connectivity index (χ2n) is 21.3. The van der Waals surface area contributed by atoms with Gasteiger partial charge in [-0.25, -0.2) is 8.78 Å². The number of nitrogens with one attached hydrogen (secondary N) is 1. The number of alkyl halides is 2. The minimum atomic E-state index is -2.66. The van der Waals surface area contributed by atoms with Crippen molar-refractivity contribution in [3.8, 4) is 22.9 Å². The molecule has 2 saturated heterocycles. The van der Waals surface area contributed by atoms with Gasteiger partial charge in [0.2, 0.25) is 5.91 Å². The van der Waals surface area contributed by atoms with Gasteiger partial charge in [-0.3, -0.25) is 19.0 Å². The number of benzene rings is 2. The smallest absolute Gasteiger partial charge is 0.272 e. The monoisotopic (exact) mass is 983 g/mol. The zero-order chi connectivity index (χ0) is 50.4. The minimum Gasteiger partial charge on any atom is -0.490 e. The van der Waals surface area contributed by atoms with Crippen LogP contribution in [-0.4, -0.2) is 109 Å². The number of nitriles is 1. The molecule has 15 nitrogen and oxygen atoms in total. The van der Waals surface area contributed by atoms with Crippen molar-refractivity contribution in [1.82, 2.24) is 44.9 Å². The molecule has 2 amide bonds. The van der Waals surface area contributed by atoms with Gasteiger partial charge >= 0.3 is 0 Å². The number of hydrogen-bond acceptors (Lipinski definition) is 11. The molecule has 3 fully saturated rings. The van der Waals surface area contributed by atoms with Gasteiger partial charge in [0.05, 0.1) is 36.5 Å². The van der Waals surface area contributed by atoms with Crippen LogP contribution in [-0.2, 0) is 31.2 Å². The van der Waals surface area contributed by atoms with Gasteiger partial charge in [-0.05, 0) is 142 Å². The number of hydrogen-bond donors (Lipinski definition) is 1. The van der Waals surface area contributed by atoms with E-state index in [1.165, 1.54) is 0 Å². The molecule has 72 heavy (non-hydrogen) atoms. The summed E-state index contributed by atoms with van der Waals surface area (Å²) >= 11 is 0. The Kier molecular flexibility index (Phi) is 14.1. The first-order valence-corrected chi connectivity index (χ1v) is 26.1. The average molecular weight is 983 g/mol. The molecule has 1 saturated carbocycles. The van der Waals surface area contributed by atoms with Crippen LogP contribution in [0, 0.1) is 42.9 Å². The molecule has 17 heteroatoms. The van der Waals surface area contributed by atoms with Crippen molar-refractivity contribution in [3.63, 3.8) is 0 Å². The summed E-state index contributed by atoms with van der Waals surface area (Å²) in [5.41, 5.74) is 8.10. The van der Waals surface area contributed by atoms with E-state index in [0.29, 0.717) is 66.2 Å². The van der Waals surface area contributed by atoms with E-state index in [1.54, 1.807) is 43.2 Å². The predicted molar refractivity (Wildman–Crippen MR) is 271 cm³/mol. The van der Waals surface area contributed by atoms with E-state index < -0.39 is 6.43 Å². The Morgan fingerprint density at radius 2 is 1.69 bits per heavy atom. The van der Waals surface area contributed by atoms with Gasteiger partial charge in [-0.15, -0.1) is 10.2 Å². The number of carbonyl (C=O) groups is 2. The lowest BCUT2D eigenvalue weighted by Gasteiger charge is -2.44. The van der Waals surface area contributed by atoms with Crippen molar-refractivity contribution in [1.29, 1.82) is 5.26 Å². The van der Waals surface area contributed by atoms with Crippen LogP contribution in [0.2, 0.25) is 0 Å². The van der Waals surface area contributed by atoms with Crippen molar-refractivity contribution in [2.45, 2.75) is 124 Å². The summed E-state index contributed by atoms with van der Waals surface area (Å²) in [5, 5.41) is 31.2. The van der Waals surface area contributed by atoms with Gasteiger partial charge in [-0.1, -0.05) is 13.8 Å². The number of aryl methyl sites for hydroxylation is 2. The number of rotatable bonds is 11. The number of fused-ring (bicyclic) bond motifs is 2. The maximum atomic E-state index is 14.8. The summed E-state index contributed by atoms with van der Waals surface area (Å²) < 4.78 is 39.8. The molecule has 3 atom stereocenters. The fourth-order valence-corrected chi connectivity index (χ4v) is 12.3. The van der Waals surface area contributed by atoms with E-state index in [9.17, 15) is 23.6 Å². The summed E-state index contributed by atoms with van der Waals surface area (Å²) in [4.78, 5) is 35.0. The quantitative estimate of drug-likeness (QED) is 0.135. The highest BCUT2D eigenvalue weighted by Crippen LogP contribution is 2.44. The summed E-state index contributed by atoms with van der Waals surface area (Å²) in [7, 11) is 1.79. The van der Waals surface area contributed by atoms with Crippen molar-refractivity contribution in [3.05, 3.63) is 93.6 Å². The number of amides is 2. The maximum Gasteiger partial charge on any atom is 0.272 e. The fourth-order valence-electron chi connectivity index (χ4n) is 12.3. The number of halogens is 2. The van der Waals surface area contributed by atoms with E-state index >= 15 is 0 Å². The molecular formula is C55H68F2N12O3. The highest BCUT2D eigenvalue weighted by molar-refractivity contribution is 5.92. The molecule has 10 rings (SSSR count). The third-order valence-electron chi connectivity index (χ3n) is 16.6. The van der Waals surface area contributed by atoms with Gasteiger partial charge < -0.3 is 29.7 Å². The predicted octanol–water partition coefficient (Wildman–Crippen LogP) is 8.65. The van der Waals surface area contributed by atoms with Crippen LogP contribution in [0.5, 0.6) is 5.75 Å². The molecule has 5 aliphatic rings. The van der Waals surface area contributed by atoms with Crippen LogP contribution < -0.4 is 19.9 Å². The molecular weight excluding hydrogens is 915 g/mol. The SMILES string of the molecule is CC(=O)N1CCc2c(c(N3CCCc4cc(-c5cnn(C)c5)c(C(F)F)cc43)nn2C2CCN(CC3[C@H](C)CN(c4ccc(C(=O)NC5CCC(Oc6ccc(C#N)c(C)c6C)CC5)nn4)C[C@@H]3C)CC2)C1. The first kappa shape index (κ1) is 49.2. The first-order chi connectivity index (χ1) is 34.7. The summed E-state index contributed by atoms with van der Waals surface area (Å²) in [6, 6.07) is 13.5. The number of ether oxygens (including phenoxy) is 1. The third kappa shape index (κ3) is 9.90. The van der Waals surface area contributed by atoms with Gasteiger partial charge in [0.25, 0.3) is 12.3 Å². The zero-order valence-corrected chi connectivity index (χ0v) is 42.6. The average Bonchev–Trinajstić information content (AvgIpc) is 4.00. The summed E-state index contributed by atoms with van der Waals surface area (Å²) in [5.74, 6) is 3.57. The lowest BCUT2D eigenvalue weighted by Crippen LogP contribution is -2.50. The first-order valence-electron chi connectivity index (χ1n) is 26.1. The van der Waals surface area contributed by atoms with E-state index in [2.05, 4.69) is 59.9 Å². The highest BCUT2D eigenvalue weighted by atomic mass is 19.3. The maximum absolute atomic E-state index is 14.8. The molecule has 1 aliphatic carbocycles. The normalized spacial score (nSPS) is 22.9. The summed E-state index contributed by atoms with van der Waals surface area (Å²) in [6.07, 6.45) is 8.39. The van der Waals surface area contributed by atoms with Crippen LogP contribution in [0.4, 0.5) is 26.1 Å². The Balaban J connectivity index is 0.745. The minimum absolute atomic E-state index is 0.0113. The highest BCUT2D eigenvalue weighted by Gasteiger charge is 2.38. The third-order valence-corrected chi connectivity index (χ3v) is 16.6. The fraction of sp³-hybridized carbons (Fsp3) is 0.545. The number of carbonyl (C=O) groups excluding carboxylic acids is 2. The molecule has 0 spiro atoms. The molecule has 5 aromatic rings. The van der Waals surface area contributed by atoms with Gasteiger partial charge in [0, 0.05) is 107 Å². The van der Waals surface area contributed by atoms with Crippen LogP contribution in [0.25, 0.3) is 11.1 Å². The van der Waals surface area contributed by atoms with Crippen molar-refractivity contribution in [2.75, 3.05) is 55.6 Å². The molecule has 2 aromatic carbocycles. The number of anilines is 3. The lowest BCUT2D eigenvalue weighted by atomic mass is 9.79. The van der Waals surface area contributed by atoms with Crippen LogP contribution in [0.15, 0.2) is 48.8 Å². The van der Waals surface area contributed by atoms with E-state index in [4.69, 9.17) is 9.84 Å². The molecule has 7 heterocycles. The van der Waals surface area contributed by atoms with E-state index in [1.807, 2.05) is 43.0 Å². The lowest BCUT2D eigenvalue weighted by molar-refractivity contribution is -0.129. The number of piperidine rings is 2. The largest absolute Gasteiger partial charge is 0.490 e. The molecule has 1 unspecified atom stereocenters. The Morgan fingerprint density at radius 1 is 0.931 bits per heavy atom. The Labute approximate surface area is 421 Å². The second kappa shape index (κ2) is 20.6. The summed E-state index contributed by atoms with van der Waals surface area (Å²) in [6.45, 7) is 16.6. The molecule has 0 bridgehead atoms. The van der Waals surface area contributed by atoms with Crippen LogP contribution >= 0.6 is 0 Å². The van der Waals surface area contributed by atoms with Crippen molar-refractivity contribution >= 4 is 29.1 Å². The zero-order valence-electron chi connectivity index (χ0n) is 42.6. The van der Waals surface area contributed by atoms with Gasteiger partial charge in [0.1, 0.15) is 5.75 Å². The van der Waals surface area contributed by atoms with E-state index in [-0.39, 0.29) is 35.6 Å². The van der Waals surface area contributed by atoms with Gasteiger partial charge in [0.15, 0.2) is 17.3 Å². The van der Waals surface area contributed by atoms with Crippen molar-refractivity contribution < 1.29 is 23.1 Å². The standard InChI is InChI=1S/C55H68F2N12O3/c1-33-28-67(52-16-14-48(61-62-52)55(71)60-41-10-12-43(13-11-41)72-51-15-9-39(26-58)35(3)36(51)4)29-34(2)46(33)31-65-21-17-42(18-22-65)69-49-19-23-66(37(5)70)32-47(49)54(63-69)68-20-7-8-38-24-44(40-27-59-64(6)30-40)45(53(56)57)25-50(38)68/h9,14-16,24-25,27,30,33-34,41-43,46,53H,7-8,10-13,17-23,28-29,31-32H2,1-6H3,(H,60,71)/t33-,34+,41?,43?,46?. The Morgan fingerprint density at radius 3 is 2.36 bits per heavy atom.